The third-order valence-corrected chi connectivity index (χ3v) is 4.48. The highest BCUT2D eigenvalue weighted by Crippen LogP contribution is 2.19. The van der Waals surface area contributed by atoms with E-state index in [4.69, 9.17) is 0 Å². The van der Waals surface area contributed by atoms with Crippen LogP contribution >= 0.6 is 12.6 Å². The Balaban J connectivity index is 1.97. The number of hydrogen-bond acceptors (Lipinski definition) is 5. The summed E-state index contributed by atoms with van der Waals surface area (Å²) in [6.07, 6.45) is 1.31. The minimum Gasteiger partial charge on any atom is -0.371 e. The molecule has 7 heteroatoms. The lowest BCUT2D eigenvalue weighted by Crippen LogP contribution is -2.31. The normalized spacial score (nSPS) is 10.9. The summed E-state index contributed by atoms with van der Waals surface area (Å²) in [7, 11) is 4.12. The fraction of sp³-hybridized carbons (Fsp3) is 0.273. The molecule has 2 N–H and O–H groups in total. The molecule has 0 radical (unpaired) electrons. The van der Waals surface area contributed by atoms with Crippen LogP contribution in [0.15, 0.2) is 60.0 Å². The highest BCUT2D eigenvalue weighted by molar-refractivity contribution is 7.83. The molecule has 0 atom stereocenters. The molecule has 2 amide bonds. The first-order chi connectivity index (χ1) is 13.9. The summed E-state index contributed by atoms with van der Waals surface area (Å²) in [6, 6.07) is 14.6. The first-order valence-electron chi connectivity index (χ1n) is 9.46. The van der Waals surface area contributed by atoms with Crippen molar-refractivity contribution in [3.63, 3.8) is 0 Å². The molecule has 2 rings (SSSR count). The van der Waals surface area contributed by atoms with Crippen molar-refractivity contribution in [1.82, 2.24) is 4.90 Å². The summed E-state index contributed by atoms with van der Waals surface area (Å²) < 4.78 is 0. The van der Waals surface area contributed by atoms with Crippen LogP contribution in [0.3, 0.4) is 0 Å². The SMILES string of the molecule is CCN(CCN(C)C)c1ccc(NC(=O)c2ccc(NC(=O)/C=C/S)cc2)cc1. The van der Waals surface area contributed by atoms with E-state index in [9.17, 15) is 9.59 Å². The van der Waals surface area contributed by atoms with Crippen LogP contribution in [0.2, 0.25) is 0 Å². The second-order valence-electron chi connectivity index (χ2n) is 6.77. The van der Waals surface area contributed by atoms with Crippen LogP contribution in [-0.4, -0.2) is 50.4 Å². The first-order valence-corrected chi connectivity index (χ1v) is 9.97. The molecule has 0 bridgehead atoms. The number of hydrogen-bond donors (Lipinski definition) is 3. The maximum absolute atomic E-state index is 12.5. The third-order valence-electron chi connectivity index (χ3n) is 4.33. The van der Waals surface area contributed by atoms with Crippen LogP contribution in [0.1, 0.15) is 17.3 Å². The van der Waals surface area contributed by atoms with Crippen LogP contribution in [0.4, 0.5) is 17.1 Å². The van der Waals surface area contributed by atoms with Gasteiger partial charge in [0, 0.05) is 48.3 Å². The molecule has 0 aliphatic heterocycles. The Labute approximate surface area is 178 Å². The number of amides is 2. The number of carbonyl (C=O) groups excluding carboxylic acids is 2. The van der Waals surface area contributed by atoms with E-state index in [1.807, 2.05) is 24.3 Å². The van der Waals surface area contributed by atoms with Gasteiger partial charge in [0.05, 0.1) is 0 Å². The summed E-state index contributed by atoms with van der Waals surface area (Å²) in [6.45, 7) is 4.98. The number of carbonyl (C=O) groups is 2. The molecule has 0 saturated heterocycles. The summed E-state index contributed by atoms with van der Waals surface area (Å²) in [4.78, 5) is 28.4. The van der Waals surface area contributed by atoms with Crippen molar-refractivity contribution in [2.45, 2.75) is 6.92 Å². The Morgan fingerprint density at radius 3 is 2.07 bits per heavy atom. The lowest BCUT2D eigenvalue weighted by atomic mass is 10.2. The van der Waals surface area contributed by atoms with Gasteiger partial charge in [-0.2, -0.15) is 12.6 Å². The van der Waals surface area contributed by atoms with Gasteiger partial charge in [-0.1, -0.05) is 0 Å². The van der Waals surface area contributed by atoms with Gasteiger partial charge >= 0.3 is 0 Å². The summed E-state index contributed by atoms with van der Waals surface area (Å²) in [5, 5.41) is 6.95. The van der Waals surface area contributed by atoms with Crippen molar-refractivity contribution >= 4 is 41.5 Å². The van der Waals surface area contributed by atoms with Gasteiger partial charge in [-0.3, -0.25) is 9.59 Å². The van der Waals surface area contributed by atoms with Crippen LogP contribution in [0.5, 0.6) is 0 Å². The molecular formula is C22H28N4O2S. The summed E-state index contributed by atoms with van der Waals surface area (Å²) in [5.74, 6) is -0.477. The molecule has 0 heterocycles. The largest absolute Gasteiger partial charge is 0.371 e. The molecule has 0 fully saturated rings. The van der Waals surface area contributed by atoms with Gasteiger partial charge in [-0.25, -0.2) is 0 Å². The van der Waals surface area contributed by atoms with Gasteiger partial charge in [0.25, 0.3) is 5.91 Å². The van der Waals surface area contributed by atoms with E-state index in [1.54, 1.807) is 24.3 Å². The Hall–Kier alpha value is -2.77. The number of benzene rings is 2. The zero-order chi connectivity index (χ0) is 21.2. The Morgan fingerprint density at radius 2 is 1.52 bits per heavy atom. The Morgan fingerprint density at radius 1 is 0.931 bits per heavy atom. The predicted molar refractivity (Wildman–Crippen MR) is 124 cm³/mol. The predicted octanol–water partition coefficient (Wildman–Crippen LogP) is 3.71. The third kappa shape index (κ3) is 7.29. The van der Waals surface area contributed by atoms with Crippen molar-refractivity contribution < 1.29 is 9.59 Å². The van der Waals surface area contributed by atoms with Gasteiger partial charge in [0.1, 0.15) is 0 Å². The van der Waals surface area contributed by atoms with E-state index < -0.39 is 0 Å². The molecule has 6 nitrogen and oxygen atoms in total. The quantitative estimate of drug-likeness (QED) is 0.434. The van der Waals surface area contributed by atoms with E-state index in [1.165, 1.54) is 11.5 Å². The fourth-order valence-corrected chi connectivity index (χ4v) is 2.84. The number of thiol groups is 1. The Bertz CT molecular complexity index is 833. The van der Waals surface area contributed by atoms with E-state index in [0.29, 0.717) is 11.3 Å². The smallest absolute Gasteiger partial charge is 0.255 e. The molecule has 0 saturated carbocycles. The molecule has 0 spiro atoms. The standard InChI is InChI=1S/C22H28N4O2S/c1-4-26(15-14-25(2)3)20-11-9-19(10-12-20)24-22(28)17-5-7-18(8-6-17)23-21(27)13-16-29/h5-13,16,29H,4,14-15H2,1-3H3,(H,23,27)(H,24,28)/b16-13+. The zero-order valence-electron chi connectivity index (χ0n) is 17.1. The van der Waals surface area contributed by atoms with Gasteiger partial charge in [-0.15, -0.1) is 0 Å². The molecule has 2 aromatic rings. The van der Waals surface area contributed by atoms with Crippen molar-refractivity contribution in [2.24, 2.45) is 0 Å². The maximum atomic E-state index is 12.5. The molecule has 154 valence electrons. The van der Waals surface area contributed by atoms with Crippen LogP contribution in [-0.2, 0) is 4.79 Å². The first kappa shape index (κ1) is 22.5. The summed E-state index contributed by atoms with van der Waals surface area (Å²) >= 11 is 3.86. The average Bonchev–Trinajstić information content (AvgIpc) is 2.70. The number of likely N-dealkylation sites (N-methyl/N-ethyl adjacent to an activating group) is 2. The Kier molecular flexibility index (Phi) is 8.76. The number of nitrogens with zero attached hydrogens (tertiary/aromatic N) is 2. The lowest BCUT2D eigenvalue weighted by Gasteiger charge is -2.25. The van der Waals surface area contributed by atoms with E-state index in [2.05, 4.69) is 54.1 Å². The molecule has 0 aliphatic carbocycles. The average molecular weight is 413 g/mol. The van der Waals surface area contributed by atoms with Crippen LogP contribution in [0.25, 0.3) is 0 Å². The van der Waals surface area contributed by atoms with E-state index in [-0.39, 0.29) is 11.8 Å². The second kappa shape index (κ2) is 11.3. The van der Waals surface area contributed by atoms with Crippen LogP contribution in [0, 0.1) is 0 Å². The van der Waals surface area contributed by atoms with Crippen LogP contribution < -0.4 is 15.5 Å². The second-order valence-corrected chi connectivity index (χ2v) is 7.06. The zero-order valence-corrected chi connectivity index (χ0v) is 17.9. The molecule has 0 aromatic heterocycles. The monoisotopic (exact) mass is 412 g/mol. The summed E-state index contributed by atoms with van der Waals surface area (Å²) in [5.41, 5.74) is 2.99. The van der Waals surface area contributed by atoms with Crippen molar-refractivity contribution in [1.29, 1.82) is 0 Å². The molecule has 0 aliphatic rings. The van der Waals surface area contributed by atoms with E-state index in [0.717, 1.165) is 31.0 Å². The highest BCUT2D eigenvalue weighted by atomic mass is 32.1. The maximum Gasteiger partial charge on any atom is 0.255 e. The van der Waals surface area contributed by atoms with Crippen molar-refractivity contribution in [3.05, 3.63) is 65.6 Å². The fourth-order valence-electron chi connectivity index (χ4n) is 2.71. The van der Waals surface area contributed by atoms with Gasteiger partial charge in [-0.05, 0) is 75.0 Å². The lowest BCUT2D eigenvalue weighted by molar-refractivity contribution is -0.111. The number of nitrogens with one attached hydrogen (secondary N) is 2. The topological polar surface area (TPSA) is 64.7 Å². The number of rotatable bonds is 9. The van der Waals surface area contributed by atoms with E-state index >= 15 is 0 Å². The number of anilines is 3. The van der Waals surface area contributed by atoms with Gasteiger partial charge in [0.15, 0.2) is 0 Å². The van der Waals surface area contributed by atoms with Gasteiger partial charge in [0.2, 0.25) is 5.91 Å². The minimum absolute atomic E-state index is 0.203. The molecule has 0 unspecified atom stereocenters. The highest BCUT2D eigenvalue weighted by Gasteiger charge is 2.08. The molecule has 29 heavy (non-hydrogen) atoms. The van der Waals surface area contributed by atoms with Crippen molar-refractivity contribution in [3.8, 4) is 0 Å². The minimum atomic E-state index is -0.274. The molecule has 2 aromatic carbocycles. The van der Waals surface area contributed by atoms with Gasteiger partial charge < -0.3 is 20.4 Å². The molecular weight excluding hydrogens is 384 g/mol. The van der Waals surface area contributed by atoms with Crippen molar-refractivity contribution in [2.75, 3.05) is 49.3 Å².